The summed E-state index contributed by atoms with van der Waals surface area (Å²) < 4.78 is 11.7. The van der Waals surface area contributed by atoms with Crippen LogP contribution in [-0.2, 0) is 16.0 Å². The summed E-state index contributed by atoms with van der Waals surface area (Å²) in [6.07, 6.45) is 0. The van der Waals surface area contributed by atoms with Crippen molar-refractivity contribution in [3.63, 3.8) is 0 Å². The number of ether oxygens (including phenoxy) is 2. The molecule has 120 valence electrons. The van der Waals surface area contributed by atoms with Gasteiger partial charge in [-0.3, -0.25) is 0 Å². The highest BCUT2D eigenvalue weighted by Crippen LogP contribution is 2.25. The van der Waals surface area contributed by atoms with Gasteiger partial charge in [-0.15, -0.1) is 0 Å². The molecular weight excluding hydrogens is 332 g/mol. The van der Waals surface area contributed by atoms with Crippen molar-refractivity contribution in [2.24, 2.45) is 0 Å². The van der Waals surface area contributed by atoms with E-state index in [-0.39, 0.29) is 0 Å². The number of benzene rings is 1. The first-order valence-electron chi connectivity index (χ1n) is 7.53. The monoisotopic (exact) mass is 358 g/mol. The van der Waals surface area contributed by atoms with Gasteiger partial charge in [-0.25, -0.2) is 0 Å². The molecule has 1 N–H and O–H groups in total. The highest BCUT2D eigenvalue weighted by atomic mass is 79.9. The van der Waals surface area contributed by atoms with E-state index >= 15 is 0 Å². The molecule has 0 bridgehead atoms. The maximum Gasteiger partial charge on any atom is 0.0641 e. The molecule has 1 aromatic rings. The number of hydrogen-bond donors (Lipinski definition) is 1. The van der Waals surface area contributed by atoms with Crippen LogP contribution >= 0.6 is 15.9 Å². The quantitative estimate of drug-likeness (QED) is 0.616. The van der Waals surface area contributed by atoms with E-state index in [2.05, 4.69) is 51.3 Å². The van der Waals surface area contributed by atoms with Gasteiger partial charge in [0.05, 0.1) is 13.2 Å². The van der Waals surface area contributed by atoms with Crippen LogP contribution in [0.4, 0.5) is 5.69 Å². The van der Waals surface area contributed by atoms with E-state index in [4.69, 9.17) is 9.47 Å². The molecule has 0 atom stereocenters. The second-order valence-corrected chi connectivity index (χ2v) is 5.63. The van der Waals surface area contributed by atoms with Gasteiger partial charge < -0.3 is 19.7 Å². The third-order valence-electron chi connectivity index (χ3n) is 3.28. The number of methoxy groups -OCH3 is 1. The van der Waals surface area contributed by atoms with Crippen LogP contribution in [0.2, 0.25) is 0 Å². The third kappa shape index (κ3) is 6.78. The second kappa shape index (κ2) is 11.0. The molecular formula is C16H27BrN2O2. The van der Waals surface area contributed by atoms with E-state index in [1.54, 1.807) is 7.11 Å². The lowest BCUT2D eigenvalue weighted by atomic mass is 10.1. The van der Waals surface area contributed by atoms with E-state index in [0.717, 1.165) is 50.5 Å². The van der Waals surface area contributed by atoms with Crippen LogP contribution in [-0.4, -0.2) is 46.6 Å². The molecule has 0 spiro atoms. The van der Waals surface area contributed by atoms with Crippen LogP contribution in [0.25, 0.3) is 0 Å². The molecule has 4 nitrogen and oxygen atoms in total. The molecule has 0 fully saturated rings. The molecule has 0 aliphatic rings. The SMILES string of the molecule is CCOCCN(CC)c1cc(Br)ccc1CNCCOC. The Morgan fingerprint density at radius 1 is 1.24 bits per heavy atom. The summed E-state index contributed by atoms with van der Waals surface area (Å²) in [4.78, 5) is 2.35. The van der Waals surface area contributed by atoms with Crippen molar-refractivity contribution in [2.45, 2.75) is 20.4 Å². The molecule has 0 radical (unpaired) electrons. The summed E-state index contributed by atoms with van der Waals surface area (Å²) >= 11 is 3.57. The van der Waals surface area contributed by atoms with Crippen LogP contribution in [0.15, 0.2) is 22.7 Å². The molecule has 5 heteroatoms. The lowest BCUT2D eigenvalue weighted by Gasteiger charge is -2.26. The van der Waals surface area contributed by atoms with Gasteiger partial charge in [0.1, 0.15) is 0 Å². The zero-order chi connectivity index (χ0) is 15.5. The van der Waals surface area contributed by atoms with E-state index < -0.39 is 0 Å². The van der Waals surface area contributed by atoms with Crippen molar-refractivity contribution in [1.82, 2.24) is 5.32 Å². The number of nitrogens with one attached hydrogen (secondary N) is 1. The predicted octanol–water partition coefficient (Wildman–Crippen LogP) is 3.05. The maximum atomic E-state index is 5.48. The standard InChI is InChI=1S/C16H27BrN2O2/c1-4-19(9-11-21-5-2)16-12-15(17)7-6-14(16)13-18-8-10-20-3/h6-7,12,18H,4-5,8-11,13H2,1-3H3. The van der Waals surface area contributed by atoms with Crippen LogP contribution in [0.5, 0.6) is 0 Å². The van der Waals surface area contributed by atoms with Gasteiger partial charge in [-0.1, -0.05) is 22.0 Å². The summed E-state index contributed by atoms with van der Waals surface area (Å²) in [5.74, 6) is 0. The van der Waals surface area contributed by atoms with Crippen LogP contribution in [0.3, 0.4) is 0 Å². The minimum atomic E-state index is 0.730. The molecule has 21 heavy (non-hydrogen) atoms. The first-order chi connectivity index (χ1) is 10.2. The van der Waals surface area contributed by atoms with Gasteiger partial charge in [0, 0.05) is 50.1 Å². The third-order valence-corrected chi connectivity index (χ3v) is 3.77. The van der Waals surface area contributed by atoms with Gasteiger partial charge in [0.25, 0.3) is 0 Å². The Kier molecular flexibility index (Phi) is 9.67. The van der Waals surface area contributed by atoms with Gasteiger partial charge in [0.2, 0.25) is 0 Å². The molecule has 0 amide bonds. The van der Waals surface area contributed by atoms with Gasteiger partial charge in [0.15, 0.2) is 0 Å². The molecule has 1 aromatic carbocycles. The summed E-state index contributed by atoms with van der Waals surface area (Å²) in [6.45, 7) is 10.0. The van der Waals surface area contributed by atoms with Gasteiger partial charge in [-0.2, -0.15) is 0 Å². The minimum absolute atomic E-state index is 0.730. The average molecular weight is 359 g/mol. The second-order valence-electron chi connectivity index (χ2n) is 4.72. The summed E-state index contributed by atoms with van der Waals surface area (Å²) in [7, 11) is 1.72. The fourth-order valence-electron chi connectivity index (χ4n) is 2.15. The van der Waals surface area contributed by atoms with E-state index in [0.29, 0.717) is 0 Å². The van der Waals surface area contributed by atoms with Crippen molar-refractivity contribution in [1.29, 1.82) is 0 Å². The highest BCUT2D eigenvalue weighted by Gasteiger charge is 2.10. The fraction of sp³-hybridized carbons (Fsp3) is 0.625. The van der Waals surface area contributed by atoms with E-state index in [1.807, 2.05) is 6.92 Å². The Morgan fingerprint density at radius 2 is 2.05 bits per heavy atom. The van der Waals surface area contributed by atoms with Crippen molar-refractivity contribution < 1.29 is 9.47 Å². The number of likely N-dealkylation sites (N-methyl/N-ethyl adjacent to an activating group) is 1. The Morgan fingerprint density at radius 3 is 2.71 bits per heavy atom. The van der Waals surface area contributed by atoms with Crippen molar-refractivity contribution in [2.75, 3.05) is 51.5 Å². The van der Waals surface area contributed by atoms with Gasteiger partial charge >= 0.3 is 0 Å². The fourth-order valence-corrected chi connectivity index (χ4v) is 2.50. The van der Waals surface area contributed by atoms with Crippen molar-refractivity contribution >= 4 is 21.6 Å². The van der Waals surface area contributed by atoms with Crippen molar-refractivity contribution in [3.8, 4) is 0 Å². The molecule has 0 heterocycles. The number of nitrogens with zero attached hydrogens (tertiary/aromatic N) is 1. The predicted molar refractivity (Wildman–Crippen MR) is 92.1 cm³/mol. The molecule has 0 unspecified atom stereocenters. The number of rotatable bonds is 11. The smallest absolute Gasteiger partial charge is 0.0641 e. The number of halogens is 1. The molecule has 0 saturated carbocycles. The van der Waals surface area contributed by atoms with E-state index in [1.165, 1.54) is 11.3 Å². The van der Waals surface area contributed by atoms with Crippen LogP contribution in [0, 0.1) is 0 Å². The number of hydrogen-bond acceptors (Lipinski definition) is 4. The minimum Gasteiger partial charge on any atom is -0.383 e. The molecule has 0 aliphatic carbocycles. The highest BCUT2D eigenvalue weighted by molar-refractivity contribution is 9.10. The van der Waals surface area contributed by atoms with Gasteiger partial charge in [-0.05, 0) is 31.5 Å². The van der Waals surface area contributed by atoms with E-state index in [9.17, 15) is 0 Å². The Labute approximate surface area is 136 Å². The molecule has 0 saturated heterocycles. The molecule has 0 aliphatic heterocycles. The lowest BCUT2D eigenvalue weighted by Crippen LogP contribution is -2.29. The summed E-state index contributed by atoms with van der Waals surface area (Å²) in [5, 5.41) is 3.41. The summed E-state index contributed by atoms with van der Waals surface area (Å²) in [5.41, 5.74) is 2.56. The Hall–Kier alpha value is -0.620. The first-order valence-corrected chi connectivity index (χ1v) is 8.33. The first kappa shape index (κ1) is 18.4. The Balaban J connectivity index is 2.73. The Bertz CT molecular complexity index is 402. The summed E-state index contributed by atoms with van der Waals surface area (Å²) in [6, 6.07) is 6.44. The van der Waals surface area contributed by atoms with Crippen LogP contribution in [0.1, 0.15) is 19.4 Å². The average Bonchev–Trinajstić information content (AvgIpc) is 2.49. The lowest BCUT2D eigenvalue weighted by molar-refractivity contribution is 0.154. The number of anilines is 1. The molecule has 1 rings (SSSR count). The van der Waals surface area contributed by atoms with Crippen LogP contribution < -0.4 is 10.2 Å². The zero-order valence-electron chi connectivity index (χ0n) is 13.3. The maximum absolute atomic E-state index is 5.48. The van der Waals surface area contributed by atoms with Crippen molar-refractivity contribution in [3.05, 3.63) is 28.2 Å². The normalized spacial score (nSPS) is 10.9. The molecule has 0 aromatic heterocycles. The largest absolute Gasteiger partial charge is 0.383 e. The topological polar surface area (TPSA) is 33.7 Å². The zero-order valence-corrected chi connectivity index (χ0v) is 14.9.